The molecule has 0 radical (unpaired) electrons. The molecular formula is C25H17NO5. The molecule has 31 heavy (non-hydrogen) atoms. The Morgan fingerprint density at radius 3 is 2.55 bits per heavy atom. The van der Waals surface area contributed by atoms with Gasteiger partial charge in [-0.3, -0.25) is 4.79 Å². The van der Waals surface area contributed by atoms with Crippen molar-refractivity contribution >= 4 is 16.9 Å². The minimum atomic E-state index is -0.646. The zero-order valence-corrected chi connectivity index (χ0v) is 16.6. The van der Waals surface area contributed by atoms with E-state index in [-0.39, 0.29) is 17.8 Å². The maximum atomic E-state index is 13.0. The van der Waals surface area contributed by atoms with Gasteiger partial charge in [0.05, 0.1) is 16.5 Å². The first kappa shape index (κ1) is 19.9. The van der Waals surface area contributed by atoms with E-state index in [4.69, 9.17) is 19.2 Å². The van der Waals surface area contributed by atoms with Crippen LogP contribution < -0.4 is 14.9 Å². The van der Waals surface area contributed by atoms with E-state index in [0.29, 0.717) is 33.6 Å². The fourth-order valence-electron chi connectivity index (χ4n) is 3.27. The van der Waals surface area contributed by atoms with Gasteiger partial charge in [-0.2, -0.15) is 5.26 Å². The normalized spacial score (nSPS) is 10.5. The summed E-state index contributed by atoms with van der Waals surface area (Å²) in [6, 6.07) is 22.5. The number of para-hydroxylation sites is 1. The highest BCUT2D eigenvalue weighted by molar-refractivity contribution is 5.84. The summed E-state index contributed by atoms with van der Waals surface area (Å²) in [5, 5.41) is 9.47. The topological polar surface area (TPSA) is 89.5 Å². The van der Waals surface area contributed by atoms with Gasteiger partial charge in [0.1, 0.15) is 28.9 Å². The quantitative estimate of drug-likeness (QED) is 0.351. The summed E-state index contributed by atoms with van der Waals surface area (Å²) in [6.07, 6.45) is 0. The third-order valence-corrected chi connectivity index (χ3v) is 4.69. The molecule has 4 rings (SSSR count). The van der Waals surface area contributed by atoms with Gasteiger partial charge in [0.15, 0.2) is 6.61 Å². The van der Waals surface area contributed by atoms with Crippen LogP contribution in [0.4, 0.5) is 0 Å². The van der Waals surface area contributed by atoms with Crippen LogP contribution >= 0.6 is 0 Å². The van der Waals surface area contributed by atoms with Gasteiger partial charge in [-0.25, -0.2) is 4.79 Å². The first-order valence-corrected chi connectivity index (χ1v) is 9.52. The molecule has 4 aromatic rings. The molecule has 0 spiro atoms. The van der Waals surface area contributed by atoms with Gasteiger partial charge < -0.3 is 13.9 Å². The third-order valence-electron chi connectivity index (χ3n) is 4.69. The molecule has 0 atom stereocenters. The average Bonchev–Trinajstić information content (AvgIpc) is 2.78. The molecule has 0 aliphatic heterocycles. The Kier molecular flexibility index (Phi) is 5.50. The predicted molar refractivity (Wildman–Crippen MR) is 115 cm³/mol. The number of carbonyl (C=O) groups is 1. The number of nitriles is 1. The zero-order chi connectivity index (χ0) is 21.8. The van der Waals surface area contributed by atoms with Crippen molar-refractivity contribution in [1.29, 1.82) is 5.26 Å². The van der Waals surface area contributed by atoms with E-state index < -0.39 is 5.97 Å². The van der Waals surface area contributed by atoms with E-state index >= 15 is 0 Å². The first-order valence-electron chi connectivity index (χ1n) is 9.52. The lowest BCUT2D eigenvalue weighted by Crippen LogP contribution is -2.18. The molecule has 0 saturated heterocycles. The maximum absolute atomic E-state index is 13.0. The highest BCUT2D eigenvalue weighted by Gasteiger charge is 2.15. The highest BCUT2D eigenvalue weighted by Crippen LogP contribution is 2.26. The van der Waals surface area contributed by atoms with Gasteiger partial charge in [0.2, 0.25) is 5.43 Å². The summed E-state index contributed by atoms with van der Waals surface area (Å²) in [4.78, 5) is 25.2. The Bertz CT molecular complexity index is 1370. The zero-order valence-electron chi connectivity index (χ0n) is 16.6. The molecule has 6 heteroatoms. The van der Waals surface area contributed by atoms with Crippen LogP contribution in [-0.2, 0) is 4.79 Å². The maximum Gasteiger partial charge on any atom is 0.349 e. The van der Waals surface area contributed by atoms with E-state index in [1.165, 1.54) is 12.1 Å². The van der Waals surface area contributed by atoms with Crippen LogP contribution in [0.2, 0.25) is 0 Å². The summed E-state index contributed by atoms with van der Waals surface area (Å²) >= 11 is 0. The van der Waals surface area contributed by atoms with E-state index in [9.17, 15) is 9.59 Å². The van der Waals surface area contributed by atoms with Crippen LogP contribution in [-0.4, -0.2) is 12.6 Å². The number of benzene rings is 3. The lowest BCUT2D eigenvalue weighted by atomic mass is 10.0. The predicted octanol–water partition coefficient (Wildman–Crippen LogP) is 4.62. The fourth-order valence-corrected chi connectivity index (χ4v) is 3.27. The van der Waals surface area contributed by atoms with Gasteiger partial charge >= 0.3 is 5.97 Å². The van der Waals surface area contributed by atoms with Gasteiger partial charge in [-0.15, -0.1) is 0 Å². The SMILES string of the molecule is Cc1oc2cc(OC(=O)COc3ccccc3C#N)ccc2c(=O)c1-c1ccccc1. The Hall–Kier alpha value is -4.37. The number of hydrogen-bond donors (Lipinski definition) is 0. The number of esters is 1. The molecule has 0 amide bonds. The number of hydrogen-bond acceptors (Lipinski definition) is 6. The second-order valence-corrected chi connectivity index (χ2v) is 6.76. The van der Waals surface area contributed by atoms with Crippen LogP contribution in [0.15, 0.2) is 82.0 Å². The smallest absolute Gasteiger partial charge is 0.349 e. The summed E-state index contributed by atoms with van der Waals surface area (Å²) in [5.74, 6) is 0.357. The number of fused-ring (bicyclic) bond motifs is 1. The molecule has 0 aliphatic rings. The van der Waals surface area contributed by atoms with Crippen molar-refractivity contribution in [1.82, 2.24) is 0 Å². The Morgan fingerprint density at radius 1 is 1.03 bits per heavy atom. The Balaban J connectivity index is 1.55. The second-order valence-electron chi connectivity index (χ2n) is 6.76. The van der Waals surface area contributed by atoms with Gasteiger partial charge in [0.25, 0.3) is 0 Å². The summed E-state index contributed by atoms with van der Waals surface area (Å²) in [7, 11) is 0. The largest absolute Gasteiger partial charge is 0.481 e. The lowest BCUT2D eigenvalue weighted by Gasteiger charge is -2.10. The minimum Gasteiger partial charge on any atom is -0.481 e. The van der Waals surface area contributed by atoms with E-state index in [0.717, 1.165) is 5.56 Å². The lowest BCUT2D eigenvalue weighted by molar-refractivity contribution is -0.136. The van der Waals surface area contributed by atoms with Crippen molar-refractivity contribution in [3.63, 3.8) is 0 Å². The average molecular weight is 411 g/mol. The van der Waals surface area contributed by atoms with E-state index in [2.05, 4.69) is 0 Å². The Morgan fingerprint density at radius 2 is 1.77 bits per heavy atom. The van der Waals surface area contributed by atoms with Crippen molar-refractivity contribution in [2.45, 2.75) is 6.92 Å². The van der Waals surface area contributed by atoms with E-state index in [1.54, 1.807) is 37.3 Å². The van der Waals surface area contributed by atoms with E-state index in [1.807, 2.05) is 36.4 Å². The van der Waals surface area contributed by atoms with Crippen LogP contribution in [0.1, 0.15) is 11.3 Å². The van der Waals surface area contributed by atoms with Crippen LogP contribution in [0.5, 0.6) is 11.5 Å². The van der Waals surface area contributed by atoms with Gasteiger partial charge in [-0.1, -0.05) is 42.5 Å². The van der Waals surface area contributed by atoms with Gasteiger partial charge in [0, 0.05) is 6.07 Å². The number of ether oxygens (including phenoxy) is 2. The molecule has 1 heterocycles. The third kappa shape index (κ3) is 4.16. The van der Waals surface area contributed by atoms with Crippen LogP contribution in [0.25, 0.3) is 22.1 Å². The summed E-state index contributed by atoms with van der Waals surface area (Å²) < 4.78 is 16.5. The van der Waals surface area contributed by atoms with Gasteiger partial charge in [-0.05, 0) is 36.8 Å². The van der Waals surface area contributed by atoms with Crippen LogP contribution in [0.3, 0.4) is 0 Å². The van der Waals surface area contributed by atoms with Crippen molar-refractivity contribution < 1.29 is 18.7 Å². The number of rotatable bonds is 5. The molecule has 1 aromatic heterocycles. The molecule has 0 saturated carbocycles. The van der Waals surface area contributed by atoms with Crippen LogP contribution in [0, 0.1) is 18.3 Å². The molecule has 0 unspecified atom stereocenters. The molecule has 0 fully saturated rings. The summed E-state index contributed by atoms with van der Waals surface area (Å²) in [6.45, 7) is 1.36. The van der Waals surface area contributed by atoms with Crippen molar-refractivity contribution in [3.8, 4) is 28.7 Å². The highest BCUT2D eigenvalue weighted by atomic mass is 16.6. The number of aryl methyl sites for hydroxylation is 1. The summed E-state index contributed by atoms with van der Waals surface area (Å²) in [5.41, 5.74) is 1.78. The number of carbonyl (C=O) groups excluding carboxylic acids is 1. The first-order chi connectivity index (χ1) is 15.1. The monoisotopic (exact) mass is 411 g/mol. The van der Waals surface area contributed by atoms with Crippen molar-refractivity contribution in [2.75, 3.05) is 6.61 Å². The molecule has 0 N–H and O–H groups in total. The standard InChI is InChI=1S/C25H17NO5/c1-16-24(17-7-3-2-4-8-17)25(28)20-12-11-19(13-22(20)30-16)31-23(27)15-29-21-10-6-5-9-18(21)14-26/h2-13H,15H2,1H3. The second kappa shape index (κ2) is 8.56. The molecule has 0 bridgehead atoms. The molecule has 3 aromatic carbocycles. The molecular weight excluding hydrogens is 394 g/mol. The van der Waals surface area contributed by atoms with Crippen molar-refractivity contribution in [3.05, 3.63) is 94.3 Å². The minimum absolute atomic E-state index is 0.153. The molecule has 6 nitrogen and oxygen atoms in total. The molecule has 152 valence electrons. The Labute approximate surface area is 177 Å². The number of nitrogens with zero attached hydrogens (tertiary/aromatic N) is 1. The van der Waals surface area contributed by atoms with Crippen molar-refractivity contribution in [2.24, 2.45) is 0 Å². The molecule has 0 aliphatic carbocycles. The fraction of sp³-hybridized carbons (Fsp3) is 0.0800.